The molecule has 5 nitrogen and oxygen atoms in total. The van der Waals surface area contributed by atoms with E-state index in [0.29, 0.717) is 16.6 Å². The van der Waals surface area contributed by atoms with Gasteiger partial charge in [0.05, 0.1) is 5.52 Å². The Labute approximate surface area is 175 Å². The molecule has 1 aromatic heterocycles. The molecule has 0 fully saturated rings. The fourth-order valence-electron chi connectivity index (χ4n) is 2.68. The lowest BCUT2D eigenvalue weighted by molar-refractivity contribution is -0.0584. The summed E-state index contributed by atoms with van der Waals surface area (Å²) >= 11 is 6.03. The molecule has 0 bridgehead atoms. The van der Waals surface area contributed by atoms with Crippen molar-refractivity contribution in [3.05, 3.63) is 77.2 Å². The molecule has 3 rings (SSSR count). The van der Waals surface area contributed by atoms with Crippen LogP contribution in [0.3, 0.4) is 0 Å². The molecule has 1 heterocycles. The SMILES string of the molecule is CN/C(=C\C(=N)C(F)(F)F)NC(=O)c1ccc2cc(-c3cccc(Cl)c3)cnc2c1. The second-order valence-electron chi connectivity index (χ2n) is 6.32. The largest absolute Gasteiger partial charge is 0.432 e. The van der Waals surface area contributed by atoms with Crippen LogP contribution in [-0.4, -0.2) is 29.8 Å². The molecule has 0 radical (unpaired) electrons. The number of carbonyl (C=O) groups excluding carboxylic acids is 1. The molecule has 0 aliphatic heterocycles. The Balaban J connectivity index is 1.84. The van der Waals surface area contributed by atoms with E-state index in [1.54, 1.807) is 24.4 Å². The van der Waals surface area contributed by atoms with E-state index < -0.39 is 17.8 Å². The number of amides is 1. The number of hydrogen-bond donors (Lipinski definition) is 3. The first-order valence-electron chi connectivity index (χ1n) is 8.69. The minimum atomic E-state index is -4.81. The van der Waals surface area contributed by atoms with Crippen molar-refractivity contribution in [3.63, 3.8) is 0 Å². The molecule has 0 spiro atoms. The summed E-state index contributed by atoms with van der Waals surface area (Å²) in [4.78, 5) is 16.8. The third-order valence-electron chi connectivity index (χ3n) is 4.22. The van der Waals surface area contributed by atoms with Gasteiger partial charge in [0, 0.05) is 40.9 Å². The second kappa shape index (κ2) is 8.54. The Kier molecular flexibility index (Phi) is 6.07. The minimum absolute atomic E-state index is 0.213. The fraction of sp³-hybridized carbons (Fsp3) is 0.0952. The lowest BCUT2D eigenvalue weighted by Crippen LogP contribution is -2.32. The second-order valence-corrected chi connectivity index (χ2v) is 6.75. The van der Waals surface area contributed by atoms with Crippen molar-refractivity contribution < 1.29 is 18.0 Å². The number of pyridine rings is 1. The number of halogens is 4. The lowest BCUT2D eigenvalue weighted by Gasteiger charge is -2.11. The molecule has 3 aromatic rings. The first-order valence-corrected chi connectivity index (χ1v) is 9.07. The quantitative estimate of drug-likeness (QED) is 0.500. The van der Waals surface area contributed by atoms with Gasteiger partial charge in [-0.05, 0) is 35.9 Å². The Morgan fingerprint density at radius 2 is 1.90 bits per heavy atom. The molecule has 0 saturated carbocycles. The molecule has 0 unspecified atom stereocenters. The summed E-state index contributed by atoms with van der Waals surface area (Å²) in [6, 6.07) is 14.0. The Morgan fingerprint density at radius 1 is 1.13 bits per heavy atom. The molecule has 0 saturated heterocycles. The van der Waals surface area contributed by atoms with Gasteiger partial charge >= 0.3 is 6.18 Å². The molecule has 154 valence electrons. The summed E-state index contributed by atoms with van der Waals surface area (Å²) in [5.41, 5.74) is 0.931. The predicted molar refractivity (Wildman–Crippen MR) is 111 cm³/mol. The highest BCUT2D eigenvalue weighted by Gasteiger charge is 2.33. The fourth-order valence-corrected chi connectivity index (χ4v) is 2.87. The van der Waals surface area contributed by atoms with Gasteiger partial charge in [-0.25, -0.2) is 0 Å². The highest BCUT2D eigenvalue weighted by Crippen LogP contribution is 2.25. The number of alkyl halides is 3. The summed E-state index contributed by atoms with van der Waals surface area (Å²) < 4.78 is 37.6. The molecule has 30 heavy (non-hydrogen) atoms. The van der Waals surface area contributed by atoms with Gasteiger partial charge < -0.3 is 10.6 Å². The molecule has 1 amide bonds. The zero-order valence-corrected chi connectivity index (χ0v) is 16.4. The lowest BCUT2D eigenvalue weighted by atomic mass is 10.0. The van der Waals surface area contributed by atoms with Crippen molar-refractivity contribution in [2.24, 2.45) is 0 Å². The van der Waals surface area contributed by atoms with Crippen molar-refractivity contribution in [1.29, 1.82) is 5.41 Å². The average molecular weight is 433 g/mol. The van der Waals surface area contributed by atoms with Crippen LogP contribution in [0, 0.1) is 5.41 Å². The van der Waals surface area contributed by atoms with Crippen LogP contribution in [0.15, 0.2) is 66.6 Å². The third kappa shape index (κ3) is 4.96. The number of fused-ring (bicyclic) bond motifs is 1. The maximum absolute atomic E-state index is 12.5. The summed E-state index contributed by atoms with van der Waals surface area (Å²) in [5.74, 6) is -0.875. The highest BCUT2D eigenvalue weighted by molar-refractivity contribution is 6.30. The molecular formula is C21H16ClF3N4O. The number of hydrogen-bond acceptors (Lipinski definition) is 4. The van der Waals surface area contributed by atoms with Crippen LogP contribution < -0.4 is 10.6 Å². The number of carbonyl (C=O) groups is 1. The van der Waals surface area contributed by atoms with Gasteiger partial charge in [0.1, 0.15) is 11.5 Å². The Bertz CT molecular complexity index is 1160. The first kappa shape index (κ1) is 21.3. The predicted octanol–water partition coefficient (Wildman–Crippen LogP) is 4.93. The highest BCUT2D eigenvalue weighted by atomic mass is 35.5. The van der Waals surface area contributed by atoms with E-state index in [0.717, 1.165) is 16.5 Å². The van der Waals surface area contributed by atoms with Crippen LogP contribution in [0.5, 0.6) is 0 Å². The van der Waals surface area contributed by atoms with E-state index in [1.807, 2.05) is 24.3 Å². The summed E-state index contributed by atoms with van der Waals surface area (Å²) in [6.45, 7) is 0. The van der Waals surface area contributed by atoms with Crippen molar-refractivity contribution in [2.45, 2.75) is 6.18 Å². The van der Waals surface area contributed by atoms with Gasteiger partial charge in [-0.15, -0.1) is 0 Å². The number of aromatic nitrogens is 1. The van der Waals surface area contributed by atoms with Gasteiger partial charge in [0.25, 0.3) is 5.91 Å². The maximum Gasteiger partial charge on any atom is 0.432 e. The van der Waals surface area contributed by atoms with Gasteiger partial charge in [0.15, 0.2) is 0 Å². The van der Waals surface area contributed by atoms with Crippen LogP contribution in [0.1, 0.15) is 10.4 Å². The first-order chi connectivity index (χ1) is 14.2. The molecule has 3 N–H and O–H groups in total. The summed E-state index contributed by atoms with van der Waals surface area (Å²) in [5, 5.41) is 13.2. The molecular weight excluding hydrogens is 417 g/mol. The number of rotatable bonds is 5. The van der Waals surface area contributed by atoms with Crippen molar-refractivity contribution in [2.75, 3.05) is 7.05 Å². The van der Waals surface area contributed by atoms with Crippen LogP contribution in [0.2, 0.25) is 5.02 Å². The normalized spacial score (nSPS) is 12.0. The maximum atomic E-state index is 12.5. The van der Waals surface area contributed by atoms with E-state index >= 15 is 0 Å². The van der Waals surface area contributed by atoms with Gasteiger partial charge in [-0.3, -0.25) is 15.2 Å². The smallest absolute Gasteiger partial charge is 0.375 e. The van der Waals surface area contributed by atoms with Gasteiger partial charge in [-0.2, -0.15) is 13.2 Å². The topological polar surface area (TPSA) is 77.9 Å². The number of benzene rings is 2. The molecule has 2 aromatic carbocycles. The molecule has 0 aliphatic carbocycles. The number of nitrogens with zero attached hydrogens (tertiary/aromatic N) is 1. The van der Waals surface area contributed by atoms with E-state index in [9.17, 15) is 18.0 Å². The van der Waals surface area contributed by atoms with Crippen LogP contribution in [0.25, 0.3) is 22.0 Å². The van der Waals surface area contributed by atoms with E-state index in [1.165, 1.54) is 13.1 Å². The summed E-state index contributed by atoms with van der Waals surface area (Å²) in [7, 11) is 1.34. The zero-order valence-electron chi connectivity index (χ0n) is 15.6. The van der Waals surface area contributed by atoms with Gasteiger partial charge in [-0.1, -0.05) is 29.8 Å². The van der Waals surface area contributed by atoms with E-state index in [2.05, 4.69) is 15.6 Å². The third-order valence-corrected chi connectivity index (χ3v) is 4.45. The standard InChI is InChI=1S/C21H16ClF3N4O/c1-27-19(10-18(26)21(23,24)25)29-20(30)14-6-5-13-7-15(11-28-17(13)9-14)12-3-2-4-16(22)8-12/h2-11,26-27H,1H3,(H,29,30)/b19-10+,26-18?. The molecule has 0 aliphatic rings. The Hall–Kier alpha value is -3.39. The van der Waals surface area contributed by atoms with E-state index in [4.69, 9.17) is 17.0 Å². The Morgan fingerprint density at radius 3 is 2.57 bits per heavy atom. The van der Waals surface area contributed by atoms with Crippen molar-refractivity contribution >= 4 is 34.1 Å². The monoisotopic (exact) mass is 432 g/mol. The van der Waals surface area contributed by atoms with Crippen LogP contribution in [0.4, 0.5) is 13.2 Å². The van der Waals surface area contributed by atoms with Crippen molar-refractivity contribution in [1.82, 2.24) is 15.6 Å². The molecule has 9 heteroatoms. The number of allylic oxidation sites excluding steroid dienone is 1. The van der Waals surface area contributed by atoms with Crippen LogP contribution >= 0.6 is 11.6 Å². The van der Waals surface area contributed by atoms with Crippen LogP contribution in [-0.2, 0) is 0 Å². The van der Waals surface area contributed by atoms with E-state index in [-0.39, 0.29) is 11.4 Å². The minimum Gasteiger partial charge on any atom is -0.375 e. The van der Waals surface area contributed by atoms with Crippen molar-refractivity contribution in [3.8, 4) is 11.1 Å². The zero-order chi connectivity index (χ0) is 21.9. The average Bonchev–Trinajstić information content (AvgIpc) is 2.71. The van der Waals surface area contributed by atoms with Gasteiger partial charge in [0.2, 0.25) is 0 Å². The molecule has 0 atom stereocenters. The number of nitrogens with one attached hydrogen (secondary N) is 3. The summed E-state index contributed by atoms with van der Waals surface area (Å²) in [6.07, 6.45) is -2.64.